The third kappa shape index (κ3) is 7.90. The van der Waals surface area contributed by atoms with Crippen molar-refractivity contribution in [2.45, 2.75) is 53.0 Å². The van der Waals surface area contributed by atoms with Crippen LogP contribution in [0.15, 0.2) is 48.5 Å². The number of hydrogen-bond donors (Lipinski definition) is 1. The fourth-order valence-corrected chi connectivity index (χ4v) is 3.02. The van der Waals surface area contributed by atoms with Crippen molar-refractivity contribution in [1.82, 2.24) is 5.32 Å². The smallest absolute Gasteiger partial charge is 0.338 e. The molecule has 0 aliphatic heterocycles. The van der Waals surface area contributed by atoms with E-state index < -0.39 is 5.97 Å². The molecule has 0 saturated heterocycles. The van der Waals surface area contributed by atoms with Gasteiger partial charge < -0.3 is 14.8 Å². The van der Waals surface area contributed by atoms with Crippen molar-refractivity contribution in [3.8, 4) is 5.75 Å². The first-order valence-corrected chi connectivity index (χ1v) is 10.7. The number of carbonyl (C=O) groups excluding carboxylic acids is 2. The van der Waals surface area contributed by atoms with Gasteiger partial charge in [0.2, 0.25) is 0 Å². The summed E-state index contributed by atoms with van der Waals surface area (Å²) in [5.74, 6) is 0.455. The minimum Gasteiger partial charge on any atom is -0.494 e. The summed E-state index contributed by atoms with van der Waals surface area (Å²) < 4.78 is 10.7. The first-order chi connectivity index (χ1) is 14.4. The Morgan fingerprint density at radius 3 is 2.23 bits per heavy atom. The summed E-state index contributed by atoms with van der Waals surface area (Å²) in [6, 6.07) is 14.8. The molecule has 0 aliphatic carbocycles. The summed E-state index contributed by atoms with van der Waals surface area (Å²) >= 11 is 0. The van der Waals surface area contributed by atoms with E-state index in [9.17, 15) is 9.59 Å². The van der Waals surface area contributed by atoms with Crippen LogP contribution < -0.4 is 10.1 Å². The Hall–Kier alpha value is -2.82. The lowest BCUT2D eigenvalue weighted by atomic mass is 10.00. The van der Waals surface area contributed by atoms with Gasteiger partial charge in [0.05, 0.1) is 18.2 Å². The normalized spacial score (nSPS) is 11.8. The van der Waals surface area contributed by atoms with E-state index in [-0.39, 0.29) is 18.6 Å². The van der Waals surface area contributed by atoms with E-state index in [1.54, 1.807) is 24.3 Å². The van der Waals surface area contributed by atoms with Gasteiger partial charge in [-0.25, -0.2) is 4.79 Å². The minimum absolute atomic E-state index is 0.163. The van der Waals surface area contributed by atoms with Crippen molar-refractivity contribution in [1.29, 1.82) is 0 Å². The molecule has 2 aromatic rings. The summed E-state index contributed by atoms with van der Waals surface area (Å²) in [5, 5.41) is 2.86. The monoisotopic (exact) mass is 411 g/mol. The molecule has 1 atom stereocenters. The van der Waals surface area contributed by atoms with Gasteiger partial charge in [-0.05, 0) is 61.1 Å². The third-order valence-electron chi connectivity index (χ3n) is 4.69. The molecule has 5 nitrogen and oxygen atoms in total. The van der Waals surface area contributed by atoms with Crippen LogP contribution in [0.2, 0.25) is 0 Å². The molecular formula is C25H33NO4. The molecule has 0 aromatic heterocycles. The molecule has 1 N–H and O–H groups in total. The second kappa shape index (κ2) is 12.0. The SMILES string of the molecule is CCCCOc1ccc(C(=O)OCC(=O)N[C@H](C)c2ccc(CC(C)C)cc2)cc1. The van der Waals surface area contributed by atoms with Crippen LogP contribution in [0.5, 0.6) is 5.75 Å². The topological polar surface area (TPSA) is 64.6 Å². The van der Waals surface area contributed by atoms with Gasteiger partial charge in [-0.3, -0.25) is 4.79 Å². The predicted molar refractivity (Wildman–Crippen MR) is 119 cm³/mol. The van der Waals surface area contributed by atoms with Crippen LogP contribution in [-0.4, -0.2) is 25.1 Å². The molecule has 0 spiro atoms. The lowest BCUT2D eigenvalue weighted by Gasteiger charge is -2.15. The molecule has 0 unspecified atom stereocenters. The average molecular weight is 412 g/mol. The molecule has 2 aromatic carbocycles. The van der Waals surface area contributed by atoms with Crippen molar-refractivity contribution in [2.24, 2.45) is 5.92 Å². The summed E-state index contributed by atoms with van der Waals surface area (Å²) in [6.45, 7) is 8.72. The largest absolute Gasteiger partial charge is 0.494 e. The van der Waals surface area contributed by atoms with E-state index in [0.29, 0.717) is 23.8 Å². The van der Waals surface area contributed by atoms with Crippen LogP contribution in [0.3, 0.4) is 0 Å². The zero-order valence-electron chi connectivity index (χ0n) is 18.4. The molecular weight excluding hydrogens is 378 g/mol. The van der Waals surface area contributed by atoms with E-state index in [0.717, 1.165) is 24.8 Å². The van der Waals surface area contributed by atoms with Gasteiger partial charge in [0.25, 0.3) is 5.91 Å². The third-order valence-corrected chi connectivity index (χ3v) is 4.69. The van der Waals surface area contributed by atoms with Gasteiger partial charge in [-0.1, -0.05) is 51.5 Å². The first kappa shape index (κ1) is 23.5. The highest BCUT2D eigenvalue weighted by Crippen LogP contribution is 2.16. The molecule has 0 bridgehead atoms. The molecule has 0 aliphatic rings. The van der Waals surface area contributed by atoms with Crippen molar-refractivity contribution >= 4 is 11.9 Å². The molecule has 0 fully saturated rings. The van der Waals surface area contributed by atoms with Gasteiger partial charge in [0.15, 0.2) is 6.61 Å². The van der Waals surface area contributed by atoms with Gasteiger partial charge in [-0.15, -0.1) is 0 Å². The summed E-state index contributed by atoms with van der Waals surface area (Å²) in [7, 11) is 0. The predicted octanol–water partition coefficient (Wildman–Crippen LogP) is 5.10. The molecule has 0 radical (unpaired) electrons. The zero-order chi connectivity index (χ0) is 21.9. The molecule has 0 heterocycles. The highest BCUT2D eigenvalue weighted by atomic mass is 16.5. The van der Waals surface area contributed by atoms with Crippen molar-refractivity contribution < 1.29 is 19.1 Å². The second-order valence-corrected chi connectivity index (χ2v) is 7.93. The van der Waals surface area contributed by atoms with Crippen LogP contribution >= 0.6 is 0 Å². The number of carbonyl (C=O) groups is 2. The quantitative estimate of drug-likeness (QED) is 0.413. The van der Waals surface area contributed by atoms with Crippen LogP contribution in [-0.2, 0) is 16.0 Å². The first-order valence-electron chi connectivity index (χ1n) is 10.7. The number of esters is 1. The lowest BCUT2D eigenvalue weighted by Crippen LogP contribution is -2.31. The standard InChI is InChI=1S/C25H33NO4/c1-5-6-15-29-23-13-11-22(12-14-23)25(28)30-17-24(27)26-19(4)21-9-7-20(8-10-21)16-18(2)3/h7-14,18-19H,5-6,15-17H2,1-4H3,(H,26,27)/t19-/m1/s1. The van der Waals surface area contributed by atoms with Crippen LogP contribution in [0, 0.1) is 5.92 Å². The number of nitrogens with one attached hydrogen (secondary N) is 1. The van der Waals surface area contributed by atoms with Gasteiger partial charge >= 0.3 is 5.97 Å². The van der Waals surface area contributed by atoms with E-state index >= 15 is 0 Å². The molecule has 30 heavy (non-hydrogen) atoms. The van der Waals surface area contributed by atoms with Gasteiger partial charge in [-0.2, -0.15) is 0 Å². The Morgan fingerprint density at radius 1 is 0.967 bits per heavy atom. The Kier molecular flexibility index (Phi) is 9.39. The molecule has 1 amide bonds. The Labute approximate surface area is 179 Å². The Balaban J connectivity index is 1.78. The number of hydrogen-bond acceptors (Lipinski definition) is 4. The van der Waals surface area contributed by atoms with Crippen molar-refractivity contribution in [3.63, 3.8) is 0 Å². The fraction of sp³-hybridized carbons (Fsp3) is 0.440. The Morgan fingerprint density at radius 2 is 1.63 bits per heavy atom. The maximum atomic E-state index is 12.2. The van der Waals surface area contributed by atoms with Crippen LogP contribution in [0.1, 0.15) is 68.1 Å². The van der Waals surface area contributed by atoms with E-state index in [1.807, 2.05) is 19.1 Å². The van der Waals surface area contributed by atoms with Crippen LogP contribution in [0.25, 0.3) is 0 Å². The number of rotatable bonds is 11. The Bertz CT molecular complexity index is 797. The average Bonchev–Trinajstić information content (AvgIpc) is 2.72. The highest BCUT2D eigenvalue weighted by molar-refractivity contribution is 5.91. The van der Waals surface area contributed by atoms with E-state index in [1.165, 1.54) is 5.56 Å². The maximum absolute atomic E-state index is 12.2. The van der Waals surface area contributed by atoms with Crippen molar-refractivity contribution in [3.05, 3.63) is 65.2 Å². The molecule has 162 valence electrons. The summed E-state index contributed by atoms with van der Waals surface area (Å²) in [6.07, 6.45) is 3.08. The number of unbranched alkanes of at least 4 members (excludes halogenated alkanes) is 1. The fourth-order valence-electron chi connectivity index (χ4n) is 3.02. The van der Waals surface area contributed by atoms with E-state index in [2.05, 4.69) is 38.2 Å². The lowest BCUT2D eigenvalue weighted by molar-refractivity contribution is -0.124. The number of ether oxygens (including phenoxy) is 2. The number of benzene rings is 2. The molecule has 2 rings (SSSR count). The maximum Gasteiger partial charge on any atom is 0.338 e. The molecule has 5 heteroatoms. The van der Waals surface area contributed by atoms with Gasteiger partial charge in [0, 0.05) is 0 Å². The number of amides is 1. The minimum atomic E-state index is -0.532. The van der Waals surface area contributed by atoms with Crippen molar-refractivity contribution in [2.75, 3.05) is 13.2 Å². The zero-order valence-corrected chi connectivity index (χ0v) is 18.4. The summed E-state index contributed by atoms with van der Waals surface area (Å²) in [4.78, 5) is 24.3. The second-order valence-electron chi connectivity index (χ2n) is 7.93. The van der Waals surface area contributed by atoms with Crippen LogP contribution in [0.4, 0.5) is 0 Å². The molecule has 0 saturated carbocycles. The van der Waals surface area contributed by atoms with E-state index in [4.69, 9.17) is 9.47 Å². The van der Waals surface area contributed by atoms with Gasteiger partial charge in [0.1, 0.15) is 5.75 Å². The summed E-state index contributed by atoms with van der Waals surface area (Å²) in [5.41, 5.74) is 2.68. The highest BCUT2D eigenvalue weighted by Gasteiger charge is 2.13.